The SMILES string of the molecule is COc1ccccc1[C@H](Cc1cn(C(C)(C)C(=O)O)c(=O)n2c(C)c(-c3ncco3)nc12)Oc1ccncc1. The molecule has 1 aromatic carbocycles. The summed E-state index contributed by atoms with van der Waals surface area (Å²) < 4.78 is 20.1. The Kier molecular flexibility index (Phi) is 6.65. The molecule has 0 aliphatic rings. The molecule has 0 aliphatic carbocycles. The summed E-state index contributed by atoms with van der Waals surface area (Å²) in [6.45, 7) is 4.66. The van der Waals surface area contributed by atoms with E-state index in [4.69, 9.17) is 18.9 Å². The number of ether oxygens (including phenoxy) is 2. The average molecular weight is 530 g/mol. The summed E-state index contributed by atoms with van der Waals surface area (Å²) >= 11 is 0. The highest BCUT2D eigenvalue weighted by atomic mass is 16.5. The van der Waals surface area contributed by atoms with Crippen LogP contribution in [0.4, 0.5) is 0 Å². The maximum Gasteiger partial charge on any atom is 0.335 e. The van der Waals surface area contributed by atoms with E-state index >= 15 is 0 Å². The molecule has 5 rings (SSSR count). The number of oxazole rings is 1. The molecule has 4 heterocycles. The predicted octanol–water partition coefficient (Wildman–Crippen LogP) is 4.05. The third kappa shape index (κ3) is 4.63. The summed E-state index contributed by atoms with van der Waals surface area (Å²) in [7, 11) is 1.58. The minimum absolute atomic E-state index is 0.226. The van der Waals surface area contributed by atoms with E-state index in [2.05, 4.69) is 9.97 Å². The Labute approximate surface area is 223 Å². The maximum absolute atomic E-state index is 13.7. The van der Waals surface area contributed by atoms with Crippen molar-refractivity contribution in [3.63, 3.8) is 0 Å². The standard InChI is InChI=1S/C28H27N5O6/c1-17-23(25-30-13-14-38-25)31-24-18(16-32(27(36)33(17)24)28(2,3)26(34)35)15-22(39-19-9-11-29-12-10-19)20-7-5-6-8-21(20)37-4/h5-14,16,22H,15H2,1-4H3,(H,34,35)/t22-/m0/s1. The molecule has 0 radical (unpaired) electrons. The van der Waals surface area contributed by atoms with Gasteiger partial charge < -0.3 is 19.0 Å². The second kappa shape index (κ2) is 10.1. The van der Waals surface area contributed by atoms with E-state index in [1.165, 1.54) is 41.5 Å². The van der Waals surface area contributed by atoms with Crippen molar-refractivity contribution in [1.82, 2.24) is 23.9 Å². The summed E-state index contributed by atoms with van der Waals surface area (Å²) in [6, 6.07) is 11.0. The van der Waals surface area contributed by atoms with Gasteiger partial charge >= 0.3 is 11.7 Å². The molecule has 0 unspecified atom stereocenters. The van der Waals surface area contributed by atoms with Crippen molar-refractivity contribution in [2.75, 3.05) is 7.11 Å². The third-order valence-corrected chi connectivity index (χ3v) is 6.66. The van der Waals surface area contributed by atoms with Crippen LogP contribution in [0.15, 0.2) is 76.7 Å². The lowest BCUT2D eigenvalue weighted by Gasteiger charge is -2.25. The first-order valence-electron chi connectivity index (χ1n) is 12.2. The van der Waals surface area contributed by atoms with Crippen LogP contribution in [0.3, 0.4) is 0 Å². The summed E-state index contributed by atoms with van der Waals surface area (Å²) in [5, 5.41) is 9.97. The van der Waals surface area contributed by atoms with Gasteiger partial charge in [-0.3, -0.25) is 9.55 Å². The first kappa shape index (κ1) is 25.7. The van der Waals surface area contributed by atoms with Crippen molar-refractivity contribution >= 4 is 11.6 Å². The van der Waals surface area contributed by atoms with Crippen LogP contribution in [-0.4, -0.2) is 42.1 Å². The number of imidazole rings is 1. The Morgan fingerprint density at radius 1 is 1.15 bits per heavy atom. The van der Waals surface area contributed by atoms with E-state index in [-0.39, 0.29) is 12.3 Å². The number of aryl methyl sites for hydroxylation is 1. The largest absolute Gasteiger partial charge is 0.496 e. The maximum atomic E-state index is 13.7. The first-order chi connectivity index (χ1) is 18.7. The molecule has 1 N–H and O–H groups in total. The second-order valence-electron chi connectivity index (χ2n) is 9.45. The third-order valence-electron chi connectivity index (χ3n) is 6.66. The Hall–Kier alpha value is -4.93. The van der Waals surface area contributed by atoms with Crippen molar-refractivity contribution < 1.29 is 23.8 Å². The van der Waals surface area contributed by atoms with Gasteiger partial charge in [0.25, 0.3) is 0 Å². The van der Waals surface area contributed by atoms with Crippen molar-refractivity contribution in [2.24, 2.45) is 0 Å². The fourth-order valence-electron chi connectivity index (χ4n) is 4.45. The lowest BCUT2D eigenvalue weighted by molar-refractivity contribution is -0.145. The number of aromatic nitrogens is 5. The number of carbonyl (C=O) groups is 1. The number of carboxylic acid groups (broad SMARTS) is 1. The van der Waals surface area contributed by atoms with Crippen LogP contribution in [0, 0.1) is 6.92 Å². The van der Waals surface area contributed by atoms with E-state index in [1.807, 2.05) is 24.3 Å². The van der Waals surface area contributed by atoms with Gasteiger partial charge in [0.15, 0.2) is 0 Å². The molecule has 0 saturated heterocycles. The highest BCUT2D eigenvalue weighted by molar-refractivity contribution is 5.76. The topological polar surface area (TPSA) is 134 Å². The van der Waals surface area contributed by atoms with Gasteiger partial charge in [-0.15, -0.1) is 0 Å². The molecule has 11 heteroatoms. The number of pyridine rings is 1. The minimum Gasteiger partial charge on any atom is -0.496 e. The van der Waals surface area contributed by atoms with Crippen LogP contribution in [-0.2, 0) is 16.8 Å². The Bertz CT molecular complexity index is 1690. The number of carboxylic acids is 1. The molecule has 0 bridgehead atoms. The molecular weight excluding hydrogens is 502 g/mol. The van der Waals surface area contributed by atoms with Gasteiger partial charge in [0.1, 0.15) is 40.7 Å². The molecule has 1 atom stereocenters. The van der Waals surface area contributed by atoms with Gasteiger partial charge in [0.05, 0.1) is 19.0 Å². The molecule has 0 spiro atoms. The number of methoxy groups -OCH3 is 1. The van der Waals surface area contributed by atoms with E-state index in [0.717, 1.165) is 5.56 Å². The van der Waals surface area contributed by atoms with Crippen LogP contribution in [0.5, 0.6) is 11.5 Å². The minimum atomic E-state index is -1.55. The number of rotatable bonds is 9. The Morgan fingerprint density at radius 2 is 1.90 bits per heavy atom. The lowest BCUT2D eigenvalue weighted by Crippen LogP contribution is -2.45. The highest BCUT2D eigenvalue weighted by Crippen LogP contribution is 2.33. The van der Waals surface area contributed by atoms with Gasteiger partial charge in [-0.1, -0.05) is 18.2 Å². The van der Waals surface area contributed by atoms with E-state index < -0.39 is 23.3 Å². The van der Waals surface area contributed by atoms with Crippen LogP contribution < -0.4 is 15.2 Å². The number of hydrogen-bond donors (Lipinski definition) is 1. The van der Waals surface area contributed by atoms with Gasteiger partial charge in [-0.05, 0) is 39.0 Å². The van der Waals surface area contributed by atoms with E-state index in [9.17, 15) is 14.7 Å². The molecular formula is C28H27N5O6. The van der Waals surface area contributed by atoms with Crippen LogP contribution >= 0.6 is 0 Å². The number of benzene rings is 1. The number of aliphatic carboxylic acids is 1. The molecule has 5 aromatic rings. The number of hydrogen-bond acceptors (Lipinski definition) is 8. The first-order valence-corrected chi connectivity index (χ1v) is 12.2. The van der Waals surface area contributed by atoms with E-state index in [0.29, 0.717) is 34.1 Å². The van der Waals surface area contributed by atoms with Crippen LogP contribution in [0.25, 0.3) is 17.2 Å². The summed E-state index contributed by atoms with van der Waals surface area (Å²) in [6.07, 6.45) is 7.34. The zero-order chi connectivity index (χ0) is 27.7. The zero-order valence-corrected chi connectivity index (χ0v) is 21.9. The van der Waals surface area contributed by atoms with Crippen molar-refractivity contribution in [1.29, 1.82) is 0 Å². The van der Waals surface area contributed by atoms with Gasteiger partial charge in [0.2, 0.25) is 5.89 Å². The van der Waals surface area contributed by atoms with Gasteiger partial charge in [0, 0.05) is 36.1 Å². The summed E-state index contributed by atoms with van der Waals surface area (Å²) in [4.78, 5) is 38.9. The zero-order valence-electron chi connectivity index (χ0n) is 21.9. The molecule has 39 heavy (non-hydrogen) atoms. The predicted molar refractivity (Wildman–Crippen MR) is 141 cm³/mol. The average Bonchev–Trinajstić information content (AvgIpc) is 3.58. The Morgan fingerprint density at radius 3 is 2.56 bits per heavy atom. The van der Waals surface area contributed by atoms with Crippen LogP contribution in [0.1, 0.15) is 36.8 Å². The Balaban J connectivity index is 1.75. The fourth-order valence-corrected chi connectivity index (χ4v) is 4.45. The fraction of sp³-hybridized carbons (Fsp3) is 0.250. The van der Waals surface area contributed by atoms with E-state index in [1.54, 1.807) is 38.6 Å². The number of para-hydroxylation sites is 1. The van der Waals surface area contributed by atoms with Crippen molar-refractivity contribution in [3.05, 3.63) is 94.8 Å². The normalized spacial score (nSPS) is 12.4. The lowest BCUT2D eigenvalue weighted by atomic mass is 10.0. The molecule has 0 aliphatic heterocycles. The summed E-state index contributed by atoms with van der Waals surface area (Å²) in [5.41, 5.74) is 0.447. The summed E-state index contributed by atoms with van der Waals surface area (Å²) in [5.74, 6) is 0.290. The smallest absolute Gasteiger partial charge is 0.335 e. The molecule has 4 aromatic heterocycles. The van der Waals surface area contributed by atoms with Crippen molar-refractivity contribution in [2.45, 2.75) is 38.8 Å². The monoisotopic (exact) mass is 529 g/mol. The number of nitrogens with zero attached hydrogens (tertiary/aromatic N) is 5. The number of fused-ring (bicyclic) bond motifs is 1. The molecule has 0 saturated carbocycles. The molecule has 0 amide bonds. The van der Waals surface area contributed by atoms with Crippen molar-refractivity contribution in [3.8, 4) is 23.1 Å². The van der Waals surface area contributed by atoms with Gasteiger partial charge in [-0.25, -0.2) is 24.0 Å². The molecule has 200 valence electrons. The van der Waals surface area contributed by atoms with Gasteiger partial charge in [-0.2, -0.15) is 0 Å². The second-order valence-corrected chi connectivity index (χ2v) is 9.45. The quantitative estimate of drug-likeness (QED) is 0.300. The highest BCUT2D eigenvalue weighted by Gasteiger charge is 2.33. The molecule has 0 fully saturated rings. The molecule has 11 nitrogen and oxygen atoms in total. The van der Waals surface area contributed by atoms with Crippen LogP contribution in [0.2, 0.25) is 0 Å².